The Bertz CT molecular complexity index is 742. The number of quaternary nitrogens is 1. The van der Waals surface area contributed by atoms with Gasteiger partial charge in [0, 0.05) is 25.9 Å². The van der Waals surface area contributed by atoms with Gasteiger partial charge in [-0.3, -0.25) is 18.6 Å². The number of Topliss-reactive ketones (excluding diaryl/α,β-unsaturated/α-hetero) is 1. The van der Waals surface area contributed by atoms with Crippen molar-refractivity contribution in [3.8, 4) is 0 Å². The van der Waals surface area contributed by atoms with Crippen molar-refractivity contribution in [1.29, 1.82) is 0 Å². The first-order valence-corrected chi connectivity index (χ1v) is 17.6. The molecule has 10 nitrogen and oxygen atoms in total. The Morgan fingerprint density at radius 1 is 0.762 bits per heavy atom. The number of esters is 1. The fourth-order valence-electron chi connectivity index (χ4n) is 4.21. The molecular weight excluding hydrogens is 561 g/mol. The summed E-state index contributed by atoms with van der Waals surface area (Å²) in [6.07, 6.45) is 17.5. The van der Waals surface area contributed by atoms with Crippen LogP contribution >= 0.6 is 7.82 Å². The van der Waals surface area contributed by atoms with Gasteiger partial charge in [0.1, 0.15) is 31.3 Å². The van der Waals surface area contributed by atoms with E-state index in [9.17, 15) is 23.8 Å². The maximum absolute atomic E-state index is 12.3. The highest BCUT2D eigenvalue weighted by atomic mass is 31.2. The molecule has 0 bridgehead atoms. The Balaban J connectivity index is 4.29. The number of aldehydes is 1. The zero-order chi connectivity index (χ0) is 31.5. The number of phosphoric ester groups is 1. The lowest BCUT2D eigenvalue weighted by molar-refractivity contribution is -0.870. The van der Waals surface area contributed by atoms with Crippen LogP contribution in [0.4, 0.5) is 0 Å². The number of carbonyl (C=O) groups is 3. The second-order valence-electron chi connectivity index (χ2n) is 12.1. The van der Waals surface area contributed by atoms with Gasteiger partial charge in [0.05, 0.1) is 40.8 Å². The molecule has 0 aromatic heterocycles. The van der Waals surface area contributed by atoms with E-state index in [1.54, 1.807) is 0 Å². The van der Waals surface area contributed by atoms with E-state index in [1.807, 2.05) is 21.1 Å². The van der Waals surface area contributed by atoms with E-state index in [0.29, 0.717) is 23.9 Å². The Labute approximate surface area is 255 Å². The fraction of sp³-hybridized carbons (Fsp3) is 0.903. The lowest BCUT2D eigenvalue weighted by Gasteiger charge is -2.24. The standard InChI is InChI=1S/C31H60NO9P/c1-5-6-7-8-9-10-11-12-13-14-15-16-17-18-25-38-27-30(41-31(35)22-21-29(34)20-19-24-33)28-40-42(36,37)39-26-23-32(2,3)4/h24,30H,5-23,25-28H2,1-4H3/p+1/t30-/m1/s1. The Kier molecular flexibility index (Phi) is 25.5. The first-order valence-electron chi connectivity index (χ1n) is 16.1. The van der Waals surface area contributed by atoms with Crippen LogP contribution in [0.3, 0.4) is 0 Å². The van der Waals surface area contributed by atoms with Crippen LogP contribution in [0, 0.1) is 0 Å². The molecule has 11 heteroatoms. The van der Waals surface area contributed by atoms with E-state index in [4.69, 9.17) is 18.5 Å². The number of ketones is 1. The minimum Gasteiger partial charge on any atom is -0.457 e. The number of likely N-dealkylation sites (N-methyl/N-ethyl adjacent to an activating group) is 1. The summed E-state index contributed by atoms with van der Waals surface area (Å²) < 4.78 is 34.0. The molecule has 0 saturated carbocycles. The van der Waals surface area contributed by atoms with Gasteiger partial charge >= 0.3 is 13.8 Å². The van der Waals surface area contributed by atoms with Crippen LogP contribution in [-0.2, 0) is 37.5 Å². The molecule has 0 saturated heterocycles. The van der Waals surface area contributed by atoms with Gasteiger partial charge in [-0.25, -0.2) is 4.57 Å². The van der Waals surface area contributed by atoms with Crippen LogP contribution in [0.1, 0.15) is 122 Å². The first-order chi connectivity index (χ1) is 20.0. The highest BCUT2D eigenvalue weighted by molar-refractivity contribution is 7.47. The predicted molar refractivity (Wildman–Crippen MR) is 165 cm³/mol. The molecule has 0 aromatic carbocycles. The molecule has 0 rings (SSSR count). The third-order valence-electron chi connectivity index (χ3n) is 6.83. The van der Waals surface area contributed by atoms with E-state index in [2.05, 4.69) is 6.92 Å². The van der Waals surface area contributed by atoms with E-state index in [1.165, 1.54) is 70.6 Å². The topological polar surface area (TPSA) is 125 Å². The summed E-state index contributed by atoms with van der Waals surface area (Å²) in [6.45, 7) is 2.89. The lowest BCUT2D eigenvalue weighted by atomic mass is 10.0. The van der Waals surface area contributed by atoms with Crippen molar-refractivity contribution in [3.05, 3.63) is 0 Å². The number of carbonyl (C=O) groups excluding carboxylic acids is 3. The molecule has 0 radical (unpaired) electrons. The smallest absolute Gasteiger partial charge is 0.457 e. The predicted octanol–water partition coefficient (Wildman–Crippen LogP) is 6.56. The third-order valence-corrected chi connectivity index (χ3v) is 7.82. The van der Waals surface area contributed by atoms with Gasteiger partial charge in [-0.15, -0.1) is 0 Å². The first kappa shape index (κ1) is 40.8. The molecule has 0 aliphatic heterocycles. The SMILES string of the molecule is CCCCCCCCCCCCCCCCOC[C@H](COP(=O)(O)OCC[N+](C)(C)C)OC(=O)CCC(=O)CCC=O. The summed E-state index contributed by atoms with van der Waals surface area (Å²) in [5, 5.41) is 0. The highest BCUT2D eigenvalue weighted by Crippen LogP contribution is 2.43. The second kappa shape index (κ2) is 26.3. The maximum Gasteiger partial charge on any atom is 0.472 e. The number of rotatable bonds is 31. The number of hydrogen-bond acceptors (Lipinski definition) is 8. The summed E-state index contributed by atoms with van der Waals surface area (Å²) in [5.74, 6) is -0.840. The van der Waals surface area contributed by atoms with Gasteiger partial charge in [-0.2, -0.15) is 0 Å². The van der Waals surface area contributed by atoms with Crippen molar-refractivity contribution >= 4 is 25.9 Å². The molecule has 0 aliphatic rings. The molecular formula is C31H61NO9P+. The van der Waals surface area contributed by atoms with Gasteiger partial charge in [0.25, 0.3) is 0 Å². The normalized spacial score (nSPS) is 13.9. The quantitative estimate of drug-likeness (QED) is 0.0301. The molecule has 0 aliphatic carbocycles. The van der Waals surface area contributed by atoms with Crippen LogP contribution < -0.4 is 0 Å². The zero-order valence-electron chi connectivity index (χ0n) is 27.0. The van der Waals surface area contributed by atoms with E-state index in [-0.39, 0.29) is 51.3 Å². The number of phosphoric acid groups is 1. The molecule has 0 spiro atoms. The number of nitrogens with zero attached hydrogens (tertiary/aromatic N) is 1. The molecule has 0 fully saturated rings. The Morgan fingerprint density at radius 3 is 1.83 bits per heavy atom. The number of ether oxygens (including phenoxy) is 2. The molecule has 2 atom stereocenters. The van der Waals surface area contributed by atoms with Crippen molar-refractivity contribution < 1.29 is 46.8 Å². The molecule has 248 valence electrons. The van der Waals surface area contributed by atoms with Gasteiger partial charge in [-0.05, 0) is 6.42 Å². The lowest BCUT2D eigenvalue weighted by Crippen LogP contribution is -2.37. The molecule has 0 heterocycles. The van der Waals surface area contributed by atoms with Gasteiger partial charge in [0.2, 0.25) is 0 Å². The third kappa shape index (κ3) is 28.9. The number of hydrogen-bond donors (Lipinski definition) is 1. The van der Waals surface area contributed by atoms with E-state index >= 15 is 0 Å². The largest absolute Gasteiger partial charge is 0.472 e. The van der Waals surface area contributed by atoms with Crippen molar-refractivity contribution in [2.45, 2.75) is 129 Å². The van der Waals surface area contributed by atoms with Crippen molar-refractivity contribution in [2.75, 3.05) is 54.1 Å². The van der Waals surface area contributed by atoms with Crippen molar-refractivity contribution in [1.82, 2.24) is 0 Å². The highest BCUT2D eigenvalue weighted by Gasteiger charge is 2.26. The summed E-state index contributed by atoms with van der Waals surface area (Å²) in [6, 6.07) is 0. The van der Waals surface area contributed by atoms with Gasteiger partial charge in [-0.1, -0.05) is 90.4 Å². The molecule has 0 amide bonds. The minimum atomic E-state index is -4.34. The molecule has 0 aromatic rings. The van der Waals surface area contributed by atoms with Crippen molar-refractivity contribution in [3.63, 3.8) is 0 Å². The summed E-state index contributed by atoms with van der Waals surface area (Å²) in [4.78, 5) is 44.5. The fourth-order valence-corrected chi connectivity index (χ4v) is 4.95. The van der Waals surface area contributed by atoms with Crippen LogP contribution in [0.2, 0.25) is 0 Å². The van der Waals surface area contributed by atoms with Crippen LogP contribution in [-0.4, -0.2) is 87.6 Å². The molecule has 42 heavy (non-hydrogen) atoms. The second-order valence-corrected chi connectivity index (χ2v) is 13.6. The summed E-state index contributed by atoms with van der Waals surface area (Å²) in [7, 11) is 1.46. The van der Waals surface area contributed by atoms with Crippen molar-refractivity contribution in [2.24, 2.45) is 0 Å². The van der Waals surface area contributed by atoms with Crippen LogP contribution in [0.15, 0.2) is 0 Å². The summed E-state index contributed by atoms with van der Waals surface area (Å²) in [5.41, 5.74) is 0. The Hall–Kier alpha value is -1.16. The monoisotopic (exact) mass is 622 g/mol. The average molecular weight is 623 g/mol. The molecule has 1 unspecified atom stereocenters. The van der Waals surface area contributed by atoms with E-state index in [0.717, 1.165) is 19.3 Å². The van der Waals surface area contributed by atoms with Crippen LogP contribution in [0.25, 0.3) is 0 Å². The Morgan fingerprint density at radius 2 is 1.31 bits per heavy atom. The van der Waals surface area contributed by atoms with Gasteiger partial charge in [0.15, 0.2) is 0 Å². The van der Waals surface area contributed by atoms with Crippen LogP contribution in [0.5, 0.6) is 0 Å². The minimum absolute atomic E-state index is 0.00214. The summed E-state index contributed by atoms with van der Waals surface area (Å²) >= 11 is 0. The average Bonchev–Trinajstić information content (AvgIpc) is 2.92. The zero-order valence-corrected chi connectivity index (χ0v) is 27.9. The maximum atomic E-state index is 12.3. The molecule has 1 N–H and O–H groups in total. The number of unbranched alkanes of at least 4 members (excludes halogenated alkanes) is 13. The van der Waals surface area contributed by atoms with Gasteiger partial charge < -0.3 is 23.6 Å². The van der Waals surface area contributed by atoms with E-state index < -0.39 is 19.9 Å².